The maximum atomic E-state index is 9.36. The largest absolute Gasteiger partial charge is 0.476 e. The van der Waals surface area contributed by atoms with E-state index in [9.17, 15) is 5.26 Å². The molecule has 3 aromatic heterocycles. The van der Waals surface area contributed by atoms with Gasteiger partial charge in [-0.1, -0.05) is 17.4 Å². The van der Waals surface area contributed by atoms with Crippen molar-refractivity contribution in [3.63, 3.8) is 0 Å². The highest BCUT2D eigenvalue weighted by Crippen LogP contribution is 2.31. The molecule has 0 saturated heterocycles. The molecule has 1 saturated carbocycles. The molecule has 0 bridgehead atoms. The molecule has 10 heteroatoms. The van der Waals surface area contributed by atoms with E-state index in [1.807, 2.05) is 32.2 Å². The van der Waals surface area contributed by atoms with Crippen LogP contribution in [0, 0.1) is 31.1 Å². The number of hydrogen-bond donors (Lipinski definition) is 2. The summed E-state index contributed by atoms with van der Waals surface area (Å²) in [6, 6.07) is 6.02. The van der Waals surface area contributed by atoms with Gasteiger partial charge in [-0.3, -0.25) is 4.98 Å². The molecule has 3 aromatic rings. The minimum absolute atomic E-state index is 0.0701. The average molecular weight is 411 g/mol. The predicted molar refractivity (Wildman–Crippen MR) is 110 cm³/mol. The monoisotopic (exact) mass is 410 g/mol. The first-order valence-corrected chi connectivity index (χ1v) is 9.96. The van der Waals surface area contributed by atoms with E-state index in [1.54, 1.807) is 6.20 Å². The van der Waals surface area contributed by atoms with Gasteiger partial charge in [0.2, 0.25) is 11.8 Å². The van der Waals surface area contributed by atoms with Gasteiger partial charge >= 0.3 is 0 Å². The van der Waals surface area contributed by atoms with Crippen molar-refractivity contribution in [1.82, 2.24) is 25.1 Å². The second-order valence-corrected chi connectivity index (χ2v) is 7.84. The zero-order chi connectivity index (χ0) is 20.6. The Balaban J connectivity index is 0.000000290. The summed E-state index contributed by atoms with van der Waals surface area (Å²) in [6.45, 7) is 4.88. The lowest BCUT2D eigenvalue weighted by atomic mass is 10.3. The number of aromatic nitrogens is 5. The average Bonchev–Trinajstić information content (AvgIpc) is 3.45. The van der Waals surface area contributed by atoms with Gasteiger partial charge in [0.15, 0.2) is 11.4 Å². The van der Waals surface area contributed by atoms with Crippen molar-refractivity contribution in [3.05, 3.63) is 45.7 Å². The topological polar surface area (TPSA) is 136 Å². The molecule has 1 fully saturated rings. The fraction of sp³-hybridized carbons (Fsp3) is 0.368. The third-order valence-corrected chi connectivity index (χ3v) is 4.78. The Morgan fingerprint density at radius 3 is 2.69 bits per heavy atom. The van der Waals surface area contributed by atoms with Crippen LogP contribution < -0.4 is 15.8 Å². The van der Waals surface area contributed by atoms with Gasteiger partial charge in [0, 0.05) is 12.4 Å². The first kappa shape index (κ1) is 20.4. The molecule has 1 aliphatic rings. The lowest BCUT2D eigenvalue weighted by molar-refractivity contribution is 0.288. The lowest BCUT2D eigenvalue weighted by Gasteiger charge is -2.11. The van der Waals surface area contributed by atoms with E-state index in [2.05, 4.69) is 36.5 Å². The minimum atomic E-state index is 0.0701. The number of nitrogens with two attached hydrogens (primary N) is 1. The Morgan fingerprint density at radius 1 is 1.31 bits per heavy atom. The molecule has 1 aliphatic carbocycles. The third kappa shape index (κ3) is 6.36. The van der Waals surface area contributed by atoms with Gasteiger partial charge in [-0.15, -0.1) is 10.2 Å². The summed E-state index contributed by atoms with van der Waals surface area (Å²) < 4.78 is 5.61. The van der Waals surface area contributed by atoms with Crippen LogP contribution >= 0.6 is 11.3 Å². The molecule has 0 atom stereocenters. The van der Waals surface area contributed by atoms with E-state index in [0.29, 0.717) is 24.9 Å². The van der Waals surface area contributed by atoms with E-state index < -0.39 is 0 Å². The van der Waals surface area contributed by atoms with Crippen LogP contribution in [0.5, 0.6) is 5.88 Å². The first-order chi connectivity index (χ1) is 14.0. The summed E-state index contributed by atoms with van der Waals surface area (Å²) in [7, 11) is 0. The van der Waals surface area contributed by atoms with E-state index in [4.69, 9.17) is 10.5 Å². The summed E-state index contributed by atoms with van der Waals surface area (Å²) in [5, 5.41) is 22.1. The summed E-state index contributed by atoms with van der Waals surface area (Å²) >= 11 is 1.48. The zero-order valence-electron chi connectivity index (χ0n) is 16.3. The molecular formula is C19H22N8OS. The highest BCUT2D eigenvalue weighted by Gasteiger charge is 2.24. The van der Waals surface area contributed by atoms with Crippen molar-refractivity contribution < 1.29 is 4.74 Å². The lowest BCUT2D eigenvalue weighted by Crippen LogP contribution is -2.10. The first-order valence-electron chi connectivity index (χ1n) is 9.15. The number of nitriles is 1. The smallest absolute Gasteiger partial charge is 0.238 e. The normalized spacial score (nSPS) is 12.4. The molecule has 0 aromatic carbocycles. The van der Waals surface area contributed by atoms with E-state index >= 15 is 0 Å². The van der Waals surface area contributed by atoms with Crippen LogP contribution in [0.3, 0.4) is 0 Å². The molecule has 29 heavy (non-hydrogen) atoms. The van der Waals surface area contributed by atoms with E-state index in [-0.39, 0.29) is 17.4 Å². The van der Waals surface area contributed by atoms with Gasteiger partial charge in [-0.05, 0) is 44.2 Å². The summed E-state index contributed by atoms with van der Waals surface area (Å²) in [5.41, 5.74) is 7.17. The fourth-order valence-corrected chi connectivity index (χ4v) is 2.94. The predicted octanol–water partition coefficient (Wildman–Crippen LogP) is 2.88. The number of anilines is 2. The van der Waals surface area contributed by atoms with Crippen LogP contribution in [0.15, 0.2) is 24.5 Å². The van der Waals surface area contributed by atoms with Crippen LogP contribution in [-0.4, -0.2) is 31.8 Å². The molecule has 3 N–H and O–H groups in total. The fourth-order valence-electron chi connectivity index (χ4n) is 2.29. The van der Waals surface area contributed by atoms with Crippen LogP contribution in [0.2, 0.25) is 0 Å². The number of rotatable bonds is 6. The Bertz CT molecular complexity index is 982. The van der Waals surface area contributed by atoms with E-state index in [0.717, 1.165) is 22.9 Å². The molecule has 9 nitrogen and oxygen atoms in total. The molecule has 0 unspecified atom stereocenters. The van der Waals surface area contributed by atoms with Gasteiger partial charge in [0.05, 0.1) is 13.2 Å². The number of pyridine rings is 1. The van der Waals surface area contributed by atoms with Crippen LogP contribution in [0.1, 0.15) is 34.0 Å². The molecular weight excluding hydrogens is 388 g/mol. The maximum Gasteiger partial charge on any atom is 0.238 e. The van der Waals surface area contributed by atoms with Crippen molar-refractivity contribution in [1.29, 1.82) is 5.26 Å². The van der Waals surface area contributed by atoms with Gasteiger partial charge in [0.25, 0.3) is 0 Å². The van der Waals surface area contributed by atoms with Crippen molar-refractivity contribution in [2.45, 2.75) is 33.2 Å². The highest BCUT2D eigenvalue weighted by atomic mass is 32.1. The van der Waals surface area contributed by atoms with Gasteiger partial charge in [0.1, 0.15) is 16.1 Å². The Kier molecular flexibility index (Phi) is 6.86. The van der Waals surface area contributed by atoms with E-state index in [1.165, 1.54) is 16.9 Å². The summed E-state index contributed by atoms with van der Waals surface area (Å²) in [5.74, 6) is 1.22. The Labute approximate surface area is 173 Å². The van der Waals surface area contributed by atoms with Crippen molar-refractivity contribution in [3.8, 4) is 11.9 Å². The SMILES string of the molecule is Cc1cccnc1.Cc1nnc(CNc2nc(N)nc(OCC3CC3)c2C#N)s1. The quantitative estimate of drug-likeness (QED) is 0.628. The standard InChI is InChI=1S/C13H15N7OS.C6H7N/c1-7-19-20-10(22-7)5-16-11-9(4-14)12(18-13(15)17-11)21-6-8-2-3-8;1-6-3-2-4-7-5-6/h8H,2-3,5-6H2,1H3,(H3,15,16,17,18);2-5H,1H3. The zero-order valence-corrected chi connectivity index (χ0v) is 17.1. The number of aryl methyl sites for hydroxylation is 2. The molecule has 150 valence electrons. The highest BCUT2D eigenvalue weighted by molar-refractivity contribution is 7.11. The molecule has 0 amide bonds. The third-order valence-electron chi connectivity index (χ3n) is 3.94. The van der Waals surface area contributed by atoms with Crippen molar-refractivity contribution >= 4 is 23.1 Å². The second kappa shape index (κ2) is 9.75. The number of nitrogens with one attached hydrogen (secondary N) is 1. The minimum Gasteiger partial charge on any atom is -0.476 e. The number of nitrogens with zero attached hydrogens (tertiary/aromatic N) is 6. The molecule has 0 aliphatic heterocycles. The van der Waals surface area contributed by atoms with Gasteiger partial charge in [-0.25, -0.2) is 0 Å². The van der Waals surface area contributed by atoms with Crippen LogP contribution in [0.25, 0.3) is 0 Å². The maximum absolute atomic E-state index is 9.36. The molecule has 4 rings (SSSR count). The van der Waals surface area contributed by atoms with Crippen LogP contribution in [-0.2, 0) is 6.54 Å². The summed E-state index contributed by atoms with van der Waals surface area (Å²) in [4.78, 5) is 12.0. The molecule has 0 radical (unpaired) electrons. The molecule has 3 heterocycles. The van der Waals surface area contributed by atoms with Crippen molar-refractivity contribution in [2.75, 3.05) is 17.7 Å². The Hall–Kier alpha value is -3.32. The van der Waals surface area contributed by atoms with Gasteiger partial charge in [-0.2, -0.15) is 15.2 Å². The Morgan fingerprint density at radius 2 is 2.14 bits per heavy atom. The number of ether oxygens (including phenoxy) is 1. The second-order valence-electron chi connectivity index (χ2n) is 6.58. The summed E-state index contributed by atoms with van der Waals surface area (Å²) in [6.07, 6.45) is 5.92. The van der Waals surface area contributed by atoms with Gasteiger partial charge < -0.3 is 15.8 Å². The number of nitrogen functional groups attached to an aromatic ring is 1. The van der Waals surface area contributed by atoms with Crippen LogP contribution in [0.4, 0.5) is 11.8 Å². The van der Waals surface area contributed by atoms with Crippen molar-refractivity contribution in [2.24, 2.45) is 5.92 Å². The molecule has 0 spiro atoms. The number of hydrogen-bond acceptors (Lipinski definition) is 10.